The Bertz CT molecular complexity index is 339. The minimum Gasteiger partial charge on any atom is -0.481 e. The molecule has 4 heteroatoms. The number of aliphatic carboxylic acids is 1. The molecule has 0 amide bonds. The van der Waals surface area contributed by atoms with Crippen molar-refractivity contribution >= 4 is 23.3 Å². The van der Waals surface area contributed by atoms with E-state index in [9.17, 15) is 4.79 Å². The number of rotatable bonds is 4. The average Bonchev–Trinajstić information content (AvgIpc) is 2.10. The van der Waals surface area contributed by atoms with Crippen LogP contribution >= 0.6 is 11.6 Å². The Labute approximate surface area is 87.7 Å². The fraction of sp³-hybridized carbons (Fsp3) is 0.300. The van der Waals surface area contributed by atoms with Gasteiger partial charge < -0.3 is 10.4 Å². The number of carbonyl (C=O) groups is 1. The third kappa shape index (κ3) is 3.26. The van der Waals surface area contributed by atoms with Crippen LogP contribution in [0.2, 0.25) is 5.02 Å². The van der Waals surface area contributed by atoms with E-state index in [1.165, 1.54) is 0 Å². The molecule has 0 unspecified atom stereocenters. The fourth-order valence-electron chi connectivity index (χ4n) is 1.09. The Morgan fingerprint density at radius 2 is 2.29 bits per heavy atom. The molecule has 14 heavy (non-hydrogen) atoms. The van der Waals surface area contributed by atoms with Crippen LogP contribution in [-0.4, -0.2) is 17.6 Å². The Balaban J connectivity index is 2.57. The van der Waals surface area contributed by atoms with Crippen LogP contribution in [-0.2, 0) is 4.79 Å². The van der Waals surface area contributed by atoms with Gasteiger partial charge in [-0.25, -0.2) is 0 Å². The van der Waals surface area contributed by atoms with Crippen LogP contribution in [0.15, 0.2) is 18.2 Å². The molecule has 3 nitrogen and oxygen atoms in total. The summed E-state index contributed by atoms with van der Waals surface area (Å²) in [5.74, 6) is -0.808. The van der Waals surface area contributed by atoms with E-state index in [2.05, 4.69) is 5.32 Å². The highest BCUT2D eigenvalue weighted by Gasteiger charge is 2.00. The van der Waals surface area contributed by atoms with Crippen molar-refractivity contribution in [2.75, 3.05) is 11.9 Å². The van der Waals surface area contributed by atoms with Gasteiger partial charge in [0.2, 0.25) is 0 Å². The van der Waals surface area contributed by atoms with Crippen LogP contribution in [0, 0.1) is 6.92 Å². The maximum Gasteiger partial charge on any atom is 0.305 e. The largest absolute Gasteiger partial charge is 0.481 e. The first kappa shape index (κ1) is 10.9. The maximum atomic E-state index is 10.3. The molecule has 2 N–H and O–H groups in total. The van der Waals surface area contributed by atoms with E-state index in [4.69, 9.17) is 16.7 Å². The van der Waals surface area contributed by atoms with Gasteiger partial charge in [0, 0.05) is 17.3 Å². The third-order valence-electron chi connectivity index (χ3n) is 1.85. The van der Waals surface area contributed by atoms with Crippen LogP contribution in [0.25, 0.3) is 0 Å². The van der Waals surface area contributed by atoms with Crippen LogP contribution in [0.1, 0.15) is 12.0 Å². The quantitative estimate of drug-likeness (QED) is 0.808. The first-order chi connectivity index (χ1) is 6.59. The van der Waals surface area contributed by atoms with Crippen LogP contribution < -0.4 is 5.32 Å². The third-order valence-corrected chi connectivity index (χ3v) is 2.09. The van der Waals surface area contributed by atoms with Crippen molar-refractivity contribution in [1.29, 1.82) is 0 Å². The van der Waals surface area contributed by atoms with Crippen molar-refractivity contribution < 1.29 is 9.90 Å². The fourth-order valence-corrected chi connectivity index (χ4v) is 1.26. The number of carboxylic acids is 1. The van der Waals surface area contributed by atoms with Crippen LogP contribution in [0.4, 0.5) is 5.69 Å². The van der Waals surface area contributed by atoms with Gasteiger partial charge in [0.25, 0.3) is 0 Å². The Morgan fingerprint density at radius 1 is 1.57 bits per heavy atom. The van der Waals surface area contributed by atoms with Gasteiger partial charge in [0.05, 0.1) is 6.42 Å². The van der Waals surface area contributed by atoms with Gasteiger partial charge >= 0.3 is 5.97 Å². The van der Waals surface area contributed by atoms with E-state index in [0.29, 0.717) is 11.6 Å². The molecule has 0 atom stereocenters. The molecule has 1 aromatic carbocycles. The molecule has 0 radical (unpaired) electrons. The van der Waals surface area contributed by atoms with E-state index >= 15 is 0 Å². The lowest BCUT2D eigenvalue weighted by atomic mass is 10.2. The zero-order chi connectivity index (χ0) is 10.6. The van der Waals surface area contributed by atoms with E-state index in [1.54, 1.807) is 12.1 Å². The summed E-state index contributed by atoms with van der Waals surface area (Å²) in [5, 5.41) is 12.1. The van der Waals surface area contributed by atoms with Crippen molar-refractivity contribution in [3.8, 4) is 0 Å². The van der Waals surface area contributed by atoms with E-state index in [1.807, 2.05) is 13.0 Å². The van der Waals surface area contributed by atoms with Crippen molar-refractivity contribution in [1.82, 2.24) is 0 Å². The normalized spacial score (nSPS) is 9.86. The van der Waals surface area contributed by atoms with E-state index in [-0.39, 0.29) is 6.42 Å². The summed E-state index contributed by atoms with van der Waals surface area (Å²) in [7, 11) is 0. The Hall–Kier alpha value is -1.22. The number of carboxylic acid groups (broad SMARTS) is 1. The summed E-state index contributed by atoms with van der Waals surface area (Å²) in [6.45, 7) is 2.36. The molecule has 0 aromatic heterocycles. The molecule has 0 spiro atoms. The molecule has 0 bridgehead atoms. The highest BCUT2D eigenvalue weighted by atomic mass is 35.5. The number of benzene rings is 1. The minimum atomic E-state index is -0.808. The monoisotopic (exact) mass is 213 g/mol. The van der Waals surface area contributed by atoms with E-state index < -0.39 is 5.97 Å². The second-order valence-electron chi connectivity index (χ2n) is 3.03. The first-order valence-electron chi connectivity index (χ1n) is 4.31. The van der Waals surface area contributed by atoms with Gasteiger partial charge in [-0.1, -0.05) is 17.7 Å². The lowest BCUT2D eigenvalue weighted by Gasteiger charge is -2.08. The number of hydrogen-bond acceptors (Lipinski definition) is 2. The van der Waals surface area contributed by atoms with Gasteiger partial charge in [-0.05, 0) is 24.6 Å². The molecule has 0 aliphatic heterocycles. The van der Waals surface area contributed by atoms with Crippen molar-refractivity contribution in [3.05, 3.63) is 28.8 Å². The zero-order valence-electron chi connectivity index (χ0n) is 7.88. The maximum absolute atomic E-state index is 10.3. The predicted molar refractivity (Wildman–Crippen MR) is 56.9 cm³/mol. The molecule has 0 fully saturated rings. The topological polar surface area (TPSA) is 49.3 Å². The summed E-state index contributed by atoms with van der Waals surface area (Å²) in [6, 6.07) is 5.49. The smallest absolute Gasteiger partial charge is 0.305 e. The van der Waals surface area contributed by atoms with Crippen LogP contribution in [0.5, 0.6) is 0 Å². The van der Waals surface area contributed by atoms with Crippen molar-refractivity contribution in [2.45, 2.75) is 13.3 Å². The highest BCUT2D eigenvalue weighted by Crippen LogP contribution is 2.19. The molecule has 0 aliphatic rings. The molecular weight excluding hydrogens is 202 g/mol. The lowest BCUT2D eigenvalue weighted by Crippen LogP contribution is -2.08. The summed E-state index contributed by atoms with van der Waals surface area (Å²) >= 11 is 5.80. The Morgan fingerprint density at radius 3 is 2.93 bits per heavy atom. The van der Waals surface area contributed by atoms with Gasteiger partial charge in [-0.3, -0.25) is 4.79 Å². The van der Waals surface area contributed by atoms with Gasteiger partial charge in [0.1, 0.15) is 0 Å². The van der Waals surface area contributed by atoms with Gasteiger partial charge in [-0.2, -0.15) is 0 Å². The highest BCUT2D eigenvalue weighted by molar-refractivity contribution is 6.30. The zero-order valence-corrected chi connectivity index (χ0v) is 8.64. The summed E-state index contributed by atoms with van der Waals surface area (Å²) in [4.78, 5) is 10.3. The number of anilines is 1. The Kier molecular flexibility index (Phi) is 3.77. The molecule has 76 valence electrons. The van der Waals surface area contributed by atoms with E-state index in [0.717, 1.165) is 11.3 Å². The SMILES string of the molecule is Cc1ccc(Cl)cc1NCCC(=O)O. The molecule has 0 saturated heterocycles. The second kappa shape index (κ2) is 4.86. The minimum absolute atomic E-state index is 0.103. The predicted octanol–water partition coefficient (Wildman–Crippen LogP) is 2.54. The first-order valence-corrected chi connectivity index (χ1v) is 4.69. The standard InChI is InChI=1S/C10H12ClNO2/c1-7-2-3-8(11)6-9(7)12-5-4-10(13)14/h2-3,6,12H,4-5H2,1H3,(H,13,14). The van der Waals surface area contributed by atoms with Crippen LogP contribution in [0.3, 0.4) is 0 Å². The lowest BCUT2D eigenvalue weighted by molar-refractivity contribution is -0.136. The molecule has 1 aromatic rings. The molecular formula is C10H12ClNO2. The number of hydrogen-bond donors (Lipinski definition) is 2. The molecule has 0 heterocycles. The molecule has 0 saturated carbocycles. The number of nitrogens with one attached hydrogen (secondary N) is 1. The second-order valence-corrected chi connectivity index (χ2v) is 3.47. The number of halogens is 1. The van der Waals surface area contributed by atoms with Gasteiger partial charge in [-0.15, -0.1) is 0 Å². The summed E-state index contributed by atoms with van der Waals surface area (Å²) in [6.07, 6.45) is 0.103. The average molecular weight is 214 g/mol. The van der Waals surface area contributed by atoms with Crippen molar-refractivity contribution in [3.63, 3.8) is 0 Å². The molecule has 0 aliphatic carbocycles. The summed E-state index contributed by atoms with van der Waals surface area (Å²) < 4.78 is 0. The summed E-state index contributed by atoms with van der Waals surface area (Å²) in [5.41, 5.74) is 1.94. The number of aryl methyl sites for hydroxylation is 1. The van der Waals surface area contributed by atoms with Crippen molar-refractivity contribution in [2.24, 2.45) is 0 Å². The van der Waals surface area contributed by atoms with Gasteiger partial charge in [0.15, 0.2) is 0 Å². The molecule has 1 rings (SSSR count).